The van der Waals surface area contributed by atoms with Crippen molar-refractivity contribution in [1.82, 2.24) is 0 Å². The molecular formula is C14H22O3. The second kappa shape index (κ2) is 6.34. The number of rotatable bonds is 4. The van der Waals surface area contributed by atoms with Gasteiger partial charge in [0.15, 0.2) is 0 Å². The van der Waals surface area contributed by atoms with E-state index in [2.05, 4.69) is 13.2 Å². The summed E-state index contributed by atoms with van der Waals surface area (Å²) in [6.07, 6.45) is 4.65. The van der Waals surface area contributed by atoms with Gasteiger partial charge in [-0.1, -0.05) is 24.3 Å². The average Bonchev–Trinajstić information content (AvgIpc) is 2.34. The molecule has 96 valence electrons. The highest BCUT2D eigenvalue weighted by atomic mass is 16.6. The third-order valence-electron chi connectivity index (χ3n) is 3.29. The molecule has 0 N–H and O–H groups in total. The molecule has 2 saturated heterocycles. The molecule has 2 rings (SSSR count). The van der Waals surface area contributed by atoms with Crippen molar-refractivity contribution in [2.45, 2.75) is 37.9 Å². The molecule has 3 heteroatoms. The van der Waals surface area contributed by atoms with E-state index >= 15 is 0 Å². The van der Waals surface area contributed by atoms with E-state index in [4.69, 9.17) is 14.2 Å². The molecule has 0 saturated carbocycles. The summed E-state index contributed by atoms with van der Waals surface area (Å²) in [7, 11) is 0. The molecule has 0 amide bonds. The molecule has 2 aliphatic heterocycles. The van der Waals surface area contributed by atoms with Crippen molar-refractivity contribution < 1.29 is 14.2 Å². The van der Waals surface area contributed by atoms with Crippen LogP contribution in [0.2, 0.25) is 0 Å². The summed E-state index contributed by atoms with van der Waals surface area (Å²) < 4.78 is 16.9. The predicted octanol–water partition coefficient (Wildman–Crippen LogP) is 2.47. The summed E-state index contributed by atoms with van der Waals surface area (Å²) in [4.78, 5) is 0. The van der Waals surface area contributed by atoms with E-state index in [0.717, 1.165) is 25.7 Å². The molecule has 0 aromatic heterocycles. The molecule has 0 radical (unpaired) electrons. The van der Waals surface area contributed by atoms with Crippen LogP contribution in [-0.4, -0.2) is 38.6 Å². The SMILES string of the molecule is C=C1CCC(COCC2CCC(=C)CO2)OC1. The topological polar surface area (TPSA) is 27.7 Å². The second-order valence-electron chi connectivity index (χ2n) is 4.98. The zero-order valence-electron chi connectivity index (χ0n) is 10.5. The van der Waals surface area contributed by atoms with Crippen molar-refractivity contribution in [3.8, 4) is 0 Å². The first-order valence-electron chi connectivity index (χ1n) is 6.38. The molecular weight excluding hydrogens is 216 g/mol. The zero-order valence-corrected chi connectivity index (χ0v) is 10.5. The molecule has 2 unspecified atom stereocenters. The van der Waals surface area contributed by atoms with Crippen LogP contribution in [0.3, 0.4) is 0 Å². The first kappa shape index (κ1) is 12.8. The normalized spacial score (nSPS) is 30.6. The Balaban J connectivity index is 1.56. The van der Waals surface area contributed by atoms with Crippen LogP contribution in [0.15, 0.2) is 24.3 Å². The maximum absolute atomic E-state index is 5.67. The second-order valence-corrected chi connectivity index (χ2v) is 4.98. The van der Waals surface area contributed by atoms with Gasteiger partial charge < -0.3 is 14.2 Å². The van der Waals surface area contributed by atoms with Gasteiger partial charge >= 0.3 is 0 Å². The minimum Gasteiger partial charge on any atom is -0.376 e. The van der Waals surface area contributed by atoms with Crippen molar-refractivity contribution in [1.29, 1.82) is 0 Å². The van der Waals surface area contributed by atoms with Gasteiger partial charge in [-0.2, -0.15) is 0 Å². The lowest BCUT2D eigenvalue weighted by molar-refractivity contribution is -0.0651. The summed E-state index contributed by atoms with van der Waals surface area (Å²) in [6, 6.07) is 0. The fourth-order valence-corrected chi connectivity index (χ4v) is 2.11. The summed E-state index contributed by atoms with van der Waals surface area (Å²) in [5.41, 5.74) is 2.38. The van der Waals surface area contributed by atoms with Gasteiger partial charge in [0.1, 0.15) is 0 Å². The standard InChI is InChI=1S/C14H22O3/c1-11-3-5-13(16-7-11)9-15-10-14-6-4-12(2)8-17-14/h13-14H,1-10H2. The summed E-state index contributed by atoms with van der Waals surface area (Å²) in [6.45, 7) is 10.6. The Hall–Kier alpha value is -0.640. The molecule has 0 spiro atoms. The third kappa shape index (κ3) is 4.26. The lowest BCUT2D eigenvalue weighted by atomic mass is 10.1. The van der Waals surface area contributed by atoms with E-state index in [0.29, 0.717) is 26.4 Å². The minimum atomic E-state index is 0.235. The van der Waals surface area contributed by atoms with Gasteiger partial charge in [0.05, 0.1) is 38.6 Å². The minimum absolute atomic E-state index is 0.235. The van der Waals surface area contributed by atoms with Gasteiger partial charge in [-0.3, -0.25) is 0 Å². The molecule has 3 nitrogen and oxygen atoms in total. The van der Waals surface area contributed by atoms with Crippen molar-refractivity contribution in [2.75, 3.05) is 26.4 Å². The van der Waals surface area contributed by atoms with E-state index in [-0.39, 0.29) is 12.2 Å². The van der Waals surface area contributed by atoms with E-state index in [1.54, 1.807) is 0 Å². The van der Waals surface area contributed by atoms with Gasteiger partial charge in [-0.15, -0.1) is 0 Å². The summed E-state index contributed by atoms with van der Waals surface area (Å²) in [5.74, 6) is 0. The summed E-state index contributed by atoms with van der Waals surface area (Å²) >= 11 is 0. The first-order valence-corrected chi connectivity index (χ1v) is 6.38. The molecule has 2 aliphatic rings. The maximum Gasteiger partial charge on any atom is 0.0816 e. The van der Waals surface area contributed by atoms with Crippen molar-refractivity contribution in [2.24, 2.45) is 0 Å². The highest BCUT2D eigenvalue weighted by Crippen LogP contribution is 2.19. The molecule has 0 aromatic carbocycles. The van der Waals surface area contributed by atoms with Gasteiger partial charge in [-0.05, 0) is 25.7 Å². The highest BCUT2D eigenvalue weighted by Gasteiger charge is 2.19. The van der Waals surface area contributed by atoms with Gasteiger partial charge in [0, 0.05) is 0 Å². The highest BCUT2D eigenvalue weighted by molar-refractivity contribution is 4.98. The van der Waals surface area contributed by atoms with E-state index < -0.39 is 0 Å². The smallest absolute Gasteiger partial charge is 0.0816 e. The fourth-order valence-electron chi connectivity index (χ4n) is 2.11. The van der Waals surface area contributed by atoms with Crippen LogP contribution < -0.4 is 0 Å². The molecule has 17 heavy (non-hydrogen) atoms. The van der Waals surface area contributed by atoms with Gasteiger partial charge in [0.25, 0.3) is 0 Å². The van der Waals surface area contributed by atoms with Gasteiger partial charge in [-0.25, -0.2) is 0 Å². The number of hydrogen-bond acceptors (Lipinski definition) is 3. The molecule has 2 fully saturated rings. The summed E-state index contributed by atoms with van der Waals surface area (Å²) in [5, 5.41) is 0. The van der Waals surface area contributed by atoms with Crippen LogP contribution in [-0.2, 0) is 14.2 Å². The monoisotopic (exact) mass is 238 g/mol. The van der Waals surface area contributed by atoms with Crippen LogP contribution >= 0.6 is 0 Å². The lowest BCUT2D eigenvalue weighted by Gasteiger charge is -2.27. The Morgan fingerprint density at radius 2 is 1.41 bits per heavy atom. The van der Waals surface area contributed by atoms with Crippen molar-refractivity contribution >= 4 is 0 Å². The van der Waals surface area contributed by atoms with Crippen LogP contribution in [0.5, 0.6) is 0 Å². The maximum atomic E-state index is 5.67. The molecule has 0 bridgehead atoms. The number of ether oxygens (including phenoxy) is 3. The Morgan fingerprint density at radius 1 is 0.941 bits per heavy atom. The zero-order chi connectivity index (χ0) is 12.1. The quantitative estimate of drug-likeness (QED) is 0.704. The fraction of sp³-hybridized carbons (Fsp3) is 0.714. The van der Waals surface area contributed by atoms with Crippen LogP contribution in [0, 0.1) is 0 Å². The molecule has 0 aromatic rings. The molecule has 2 heterocycles. The van der Waals surface area contributed by atoms with Crippen molar-refractivity contribution in [3.63, 3.8) is 0 Å². The lowest BCUT2D eigenvalue weighted by Crippen LogP contribution is -2.30. The van der Waals surface area contributed by atoms with Gasteiger partial charge in [0.2, 0.25) is 0 Å². The van der Waals surface area contributed by atoms with Crippen LogP contribution in [0.4, 0.5) is 0 Å². The predicted molar refractivity (Wildman–Crippen MR) is 67.0 cm³/mol. The first-order chi connectivity index (χ1) is 8.24. The largest absolute Gasteiger partial charge is 0.376 e. The van der Waals surface area contributed by atoms with Crippen LogP contribution in [0.25, 0.3) is 0 Å². The van der Waals surface area contributed by atoms with E-state index in [9.17, 15) is 0 Å². The Morgan fingerprint density at radius 3 is 1.76 bits per heavy atom. The van der Waals surface area contributed by atoms with E-state index in [1.165, 1.54) is 11.1 Å². The Kier molecular flexibility index (Phi) is 4.77. The van der Waals surface area contributed by atoms with E-state index in [1.807, 2.05) is 0 Å². The Labute approximate surface area is 103 Å². The van der Waals surface area contributed by atoms with Crippen molar-refractivity contribution in [3.05, 3.63) is 24.3 Å². The molecule has 2 atom stereocenters. The van der Waals surface area contributed by atoms with Crippen LogP contribution in [0.1, 0.15) is 25.7 Å². The number of hydrogen-bond donors (Lipinski definition) is 0. The third-order valence-corrected chi connectivity index (χ3v) is 3.29. The molecule has 0 aliphatic carbocycles. The Bertz CT molecular complexity index is 237. The average molecular weight is 238 g/mol.